The van der Waals surface area contributed by atoms with E-state index in [-0.39, 0.29) is 0 Å². The summed E-state index contributed by atoms with van der Waals surface area (Å²) in [6.07, 6.45) is 0.843. The van der Waals surface area contributed by atoms with Crippen molar-refractivity contribution in [2.45, 2.75) is 27.3 Å². The second-order valence-corrected chi connectivity index (χ2v) is 4.64. The third kappa shape index (κ3) is 2.52. The molecule has 4 heteroatoms. The number of nitrogens with zero attached hydrogens (tertiary/aromatic N) is 2. The highest BCUT2D eigenvalue weighted by Gasteiger charge is 2.10. The van der Waals surface area contributed by atoms with E-state index in [4.69, 9.17) is 4.74 Å². The zero-order valence-electron chi connectivity index (χ0n) is 11.7. The van der Waals surface area contributed by atoms with Gasteiger partial charge in [-0.15, -0.1) is 0 Å². The van der Waals surface area contributed by atoms with Crippen LogP contribution in [0.5, 0.6) is 5.75 Å². The van der Waals surface area contributed by atoms with Gasteiger partial charge in [-0.3, -0.25) is 9.48 Å². The molecule has 0 saturated heterocycles. The molecule has 0 spiro atoms. The van der Waals surface area contributed by atoms with Gasteiger partial charge in [0.1, 0.15) is 12.0 Å². The first-order valence-electron chi connectivity index (χ1n) is 6.19. The molecule has 0 aliphatic heterocycles. The van der Waals surface area contributed by atoms with E-state index in [1.165, 1.54) is 5.56 Å². The molecule has 0 N–H and O–H groups in total. The fourth-order valence-corrected chi connectivity index (χ4v) is 2.10. The summed E-state index contributed by atoms with van der Waals surface area (Å²) < 4.78 is 7.28. The van der Waals surface area contributed by atoms with E-state index in [2.05, 4.69) is 12.0 Å². The first kappa shape index (κ1) is 13.3. The minimum absolute atomic E-state index is 0.603. The molecule has 100 valence electrons. The minimum Gasteiger partial charge on any atom is -0.496 e. The zero-order chi connectivity index (χ0) is 14.0. The van der Waals surface area contributed by atoms with Gasteiger partial charge in [-0.1, -0.05) is 0 Å². The van der Waals surface area contributed by atoms with Crippen molar-refractivity contribution in [3.05, 3.63) is 46.3 Å². The highest BCUT2D eigenvalue weighted by Crippen LogP contribution is 2.22. The van der Waals surface area contributed by atoms with Gasteiger partial charge in [-0.05, 0) is 44.5 Å². The molecule has 2 aromatic rings. The maximum Gasteiger partial charge on any atom is 0.150 e. The van der Waals surface area contributed by atoms with Gasteiger partial charge in [0.2, 0.25) is 0 Å². The van der Waals surface area contributed by atoms with Crippen LogP contribution in [-0.2, 0) is 6.54 Å². The highest BCUT2D eigenvalue weighted by atomic mass is 16.5. The van der Waals surface area contributed by atoms with Gasteiger partial charge in [0.15, 0.2) is 0 Å². The number of carbonyl (C=O) groups excluding carboxylic acids is 1. The predicted molar refractivity (Wildman–Crippen MR) is 73.9 cm³/mol. The van der Waals surface area contributed by atoms with Crippen LogP contribution in [0.2, 0.25) is 0 Å². The number of aldehydes is 1. The SMILES string of the molecule is COc1ccc(C=O)cc1Cn1nc(C)c(C)c1C. The third-order valence-electron chi connectivity index (χ3n) is 3.50. The van der Waals surface area contributed by atoms with Gasteiger partial charge in [-0.25, -0.2) is 0 Å². The molecule has 1 heterocycles. The molecule has 2 rings (SSSR count). The van der Waals surface area contributed by atoms with Crippen LogP contribution in [0.15, 0.2) is 18.2 Å². The zero-order valence-corrected chi connectivity index (χ0v) is 11.7. The summed E-state index contributed by atoms with van der Waals surface area (Å²) in [5.74, 6) is 0.774. The van der Waals surface area contributed by atoms with E-state index < -0.39 is 0 Å². The third-order valence-corrected chi connectivity index (χ3v) is 3.50. The van der Waals surface area contributed by atoms with Crippen molar-refractivity contribution in [1.82, 2.24) is 9.78 Å². The molecule has 0 aliphatic rings. The lowest BCUT2D eigenvalue weighted by molar-refractivity contribution is 0.112. The lowest BCUT2D eigenvalue weighted by Crippen LogP contribution is -2.06. The van der Waals surface area contributed by atoms with Crippen molar-refractivity contribution in [1.29, 1.82) is 0 Å². The van der Waals surface area contributed by atoms with E-state index in [9.17, 15) is 4.79 Å². The average molecular weight is 258 g/mol. The molecule has 0 atom stereocenters. The molecular formula is C15H18N2O2. The monoisotopic (exact) mass is 258 g/mol. The Labute approximate surface area is 113 Å². The van der Waals surface area contributed by atoms with Crippen molar-refractivity contribution in [3.8, 4) is 5.75 Å². The van der Waals surface area contributed by atoms with Crippen LogP contribution in [-0.4, -0.2) is 23.2 Å². The molecular weight excluding hydrogens is 240 g/mol. The molecule has 0 aliphatic carbocycles. The number of ether oxygens (including phenoxy) is 1. The number of hydrogen-bond donors (Lipinski definition) is 0. The molecule has 0 amide bonds. The summed E-state index contributed by atoms with van der Waals surface area (Å²) in [6.45, 7) is 6.71. The first-order chi connectivity index (χ1) is 9.06. The number of benzene rings is 1. The summed E-state index contributed by atoms with van der Waals surface area (Å²) in [5.41, 5.74) is 4.97. The Bertz CT molecular complexity index is 615. The smallest absolute Gasteiger partial charge is 0.150 e. The van der Waals surface area contributed by atoms with E-state index in [1.807, 2.05) is 30.7 Å². The molecule has 1 aromatic heterocycles. The topological polar surface area (TPSA) is 44.1 Å². The fraction of sp³-hybridized carbons (Fsp3) is 0.333. The molecule has 0 unspecified atom stereocenters. The van der Waals surface area contributed by atoms with Crippen molar-refractivity contribution in [2.75, 3.05) is 7.11 Å². The Hall–Kier alpha value is -2.10. The van der Waals surface area contributed by atoms with Crippen molar-refractivity contribution < 1.29 is 9.53 Å². The Balaban J connectivity index is 2.41. The van der Waals surface area contributed by atoms with Gasteiger partial charge in [0, 0.05) is 16.8 Å². The van der Waals surface area contributed by atoms with Crippen LogP contribution in [0.3, 0.4) is 0 Å². The normalized spacial score (nSPS) is 10.5. The molecule has 0 bridgehead atoms. The largest absolute Gasteiger partial charge is 0.496 e. The van der Waals surface area contributed by atoms with Crippen LogP contribution in [0.4, 0.5) is 0 Å². The quantitative estimate of drug-likeness (QED) is 0.792. The lowest BCUT2D eigenvalue weighted by atomic mass is 10.1. The lowest BCUT2D eigenvalue weighted by Gasteiger charge is -2.10. The Kier molecular flexibility index (Phi) is 3.69. The minimum atomic E-state index is 0.603. The molecule has 0 saturated carbocycles. The summed E-state index contributed by atoms with van der Waals surface area (Å²) in [4.78, 5) is 10.9. The summed E-state index contributed by atoms with van der Waals surface area (Å²) in [6, 6.07) is 5.41. The molecule has 19 heavy (non-hydrogen) atoms. The second-order valence-electron chi connectivity index (χ2n) is 4.64. The highest BCUT2D eigenvalue weighted by molar-refractivity contribution is 5.75. The molecule has 1 aromatic carbocycles. The van der Waals surface area contributed by atoms with Crippen LogP contribution >= 0.6 is 0 Å². The van der Waals surface area contributed by atoms with Gasteiger partial charge in [0.05, 0.1) is 19.3 Å². The standard InChI is InChI=1S/C15H18N2O2/c1-10-11(2)16-17(12(10)3)8-14-7-13(9-18)5-6-15(14)19-4/h5-7,9H,8H2,1-4H3. The summed E-state index contributed by atoms with van der Waals surface area (Å²) in [5, 5.41) is 4.51. The molecule has 0 fully saturated rings. The van der Waals surface area contributed by atoms with Crippen LogP contribution in [0.1, 0.15) is 32.9 Å². The number of aryl methyl sites for hydroxylation is 1. The number of aromatic nitrogens is 2. The Morgan fingerprint density at radius 3 is 2.58 bits per heavy atom. The predicted octanol–water partition coefficient (Wildman–Crippen LogP) is 2.68. The number of carbonyl (C=O) groups is 1. The molecule has 0 radical (unpaired) electrons. The Morgan fingerprint density at radius 1 is 1.32 bits per heavy atom. The van der Waals surface area contributed by atoms with Crippen molar-refractivity contribution in [2.24, 2.45) is 0 Å². The van der Waals surface area contributed by atoms with Crippen molar-refractivity contribution in [3.63, 3.8) is 0 Å². The van der Waals surface area contributed by atoms with Crippen LogP contribution < -0.4 is 4.74 Å². The van der Waals surface area contributed by atoms with E-state index in [1.54, 1.807) is 13.2 Å². The first-order valence-corrected chi connectivity index (χ1v) is 6.19. The van der Waals surface area contributed by atoms with Crippen molar-refractivity contribution >= 4 is 6.29 Å². The average Bonchev–Trinajstić information content (AvgIpc) is 2.66. The van der Waals surface area contributed by atoms with Gasteiger partial charge in [-0.2, -0.15) is 5.10 Å². The number of hydrogen-bond acceptors (Lipinski definition) is 3. The maximum absolute atomic E-state index is 10.9. The second kappa shape index (κ2) is 5.26. The van der Waals surface area contributed by atoms with Gasteiger partial charge in [0.25, 0.3) is 0 Å². The van der Waals surface area contributed by atoms with Crippen LogP contribution in [0, 0.1) is 20.8 Å². The molecule has 4 nitrogen and oxygen atoms in total. The van der Waals surface area contributed by atoms with E-state index in [0.717, 1.165) is 29.0 Å². The number of methoxy groups -OCH3 is 1. The van der Waals surface area contributed by atoms with E-state index >= 15 is 0 Å². The maximum atomic E-state index is 10.9. The Morgan fingerprint density at radius 2 is 2.05 bits per heavy atom. The van der Waals surface area contributed by atoms with Gasteiger partial charge < -0.3 is 4.74 Å². The number of rotatable bonds is 4. The van der Waals surface area contributed by atoms with Gasteiger partial charge >= 0.3 is 0 Å². The summed E-state index contributed by atoms with van der Waals surface area (Å²) >= 11 is 0. The van der Waals surface area contributed by atoms with E-state index in [0.29, 0.717) is 12.1 Å². The summed E-state index contributed by atoms with van der Waals surface area (Å²) in [7, 11) is 1.63. The fourth-order valence-electron chi connectivity index (χ4n) is 2.10. The van der Waals surface area contributed by atoms with Crippen LogP contribution in [0.25, 0.3) is 0 Å².